The van der Waals surface area contributed by atoms with Crippen molar-refractivity contribution in [1.82, 2.24) is 9.97 Å². The topological polar surface area (TPSA) is 80.2 Å². The highest BCUT2D eigenvalue weighted by molar-refractivity contribution is 7.85. The second-order valence-electron chi connectivity index (χ2n) is 3.66. The third kappa shape index (κ3) is 2.32. The maximum absolute atomic E-state index is 10.8. The smallest absolute Gasteiger partial charge is 0.279 e. The van der Waals surface area contributed by atoms with Gasteiger partial charge in [-0.15, -0.1) is 0 Å². The summed E-state index contributed by atoms with van der Waals surface area (Å²) in [7, 11) is -4.27. The van der Waals surface area contributed by atoms with Gasteiger partial charge in [-0.2, -0.15) is 8.42 Å². The van der Waals surface area contributed by atoms with Crippen LogP contribution in [0.5, 0.6) is 0 Å². The number of aryl methyl sites for hydroxylation is 2. The largest absolute Gasteiger partial charge is 0.330 e. The summed E-state index contributed by atoms with van der Waals surface area (Å²) in [5, 5.41) is -0.483. The van der Waals surface area contributed by atoms with Gasteiger partial charge in [-0.25, -0.2) is 9.97 Å². The summed E-state index contributed by atoms with van der Waals surface area (Å²) in [6, 6.07) is 0. The molecule has 5 nitrogen and oxygen atoms in total. The number of rotatable bonds is 1. The van der Waals surface area contributed by atoms with E-state index in [0.29, 0.717) is 0 Å². The molecule has 0 saturated heterocycles. The quantitative estimate of drug-likeness (QED) is 0.440. The first-order chi connectivity index (χ1) is 7.07. The summed E-state index contributed by atoms with van der Waals surface area (Å²) in [5.74, 6) is 0. The Bertz CT molecular complexity index is 470. The van der Waals surface area contributed by atoms with E-state index in [-0.39, 0.29) is 0 Å². The van der Waals surface area contributed by atoms with Gasteiger partial charge in [0.2, 0.25) is 0 Å². The molecule has 0 fully saturated rings. The van der Waals surface area contributed by atoms with Gasteiger partial charge in [0.15, 0.2) is 0 Å². The molecule has 2 rings (SSSR count). The second-order valence-corrected chi connectivity index (χ2v) is 4.98. The monoisotopic (exact) mass is 228 g/mol. The lowest BCUT2D eigenvalue weighted by Gasteiger charge is -2.04. The van der Waals surface area contributed by atoms with Gasteiger partial charge >= 0.3 is 10.1 Å². The van der Waals surface area contributed by atoms with Crippen LogP contribution in [0.15, 0.2) is 11.4 Å². The van der Waals surface area contributed by atoms with Crippen LogP contribution >= 0.6 is 0 Å². The van der Waals surface area contributed by atoms with Crippen LogP contribution in [0.25, 0.3) is 0 Å². The van der Waals surface area contributed by atoms with Crippen molar-refractivity contribution in [2.75, 3.05) is 0 Å². The van der Waals surface area contributed by atoms with Gasteiger partial charge in [-0.1, -0.05) is 6.42 Å². The molecule has 82 valence electrons. The summed E-state index contributed by atoms with van der Waals surface area (Å²) in [4.78, 5) is 7.55. The first-order valence-corrected chi connectivity index (χ1v) is 6.33. The molecular formula is C9H12N2O3S. The molecule has 1 aliphatic carbocycles. The first-order valence-electron chi connectivity index (χ1n) is 4.89. The Labute approximate surface area is 88.3 Å². The van der Waals surface area contributed by atoms with Crippen LogP contribution in [0.4, 0.5) is 0 Å². The molecule has 1 aliphatic rings. The third-order valence-corrected chi connectivity index (χ3v) is 3.18. The Kier molecular flexibility index (Phi) is 2.70. The van der Waals surface area contributed by atoms with E-state index in [4.69, 9.17) is 4.55 Å². The lowest BCUT2D eigenvalue weighted by molar-refractivity contribution is 0.473. The average Bonchev–Trinajstić information content (AvgIpc) is 2.39. The minimum atomic E-state index is -4.27. The van der Waals surface area contributed by atoms with Crippen LogP contribution < -0.4 is 0 Å². The zero-order valence-corrected chi connectivity index (χ0v) is 9.00. The lowest BCUT2D eigenvalue weighted by Crippen LogP contribution is -2.08. The van der Waals surface area contributed by atoms with Gasteiger partial charge in [0.25, 0.3) is 5.16 Å². The molecule has 0 unspecified atom stereocenters. The predicted octanol–water partition coefficient (Wildman–Crippen LogP) is 0.992. The normalized spacial score (nSPS) is 16.9. The fraction of sp³-hybridized carbons (Fsp3) is 0.556. The Hall–Kier alpha value is -1.01. The highest BCUT2D eigenvalue weighted by atomic mass is 32.2. The molecule has 0 aromatic carbocycles. The van der Waals surface area contributed by atoms with Crippen LogP contribution in [0, 0.1) is 0 Å². The van der Waals surface area contributed by atoms with E-state index >= 15 is 0 Å². The van der Waals surface area contributed by atoms with Crippen LogP contribution in [-0.4, -0.2) is 22.9 Å². The van der Waals surface area contributed by atoms with Crippen molar-refractivity contribution < 1.29 is 13.0 Å². The Balaban J connectivity index is 2.45. The third-order valence-electron chi connectivity index (χ3n) is 2.52. The number of aromatic nitrogens is 2. The molecule has 1 N–H and O–H groups in total. The highest BCUT2D eigenvalue weighted by Gasteiger charge is 2.17. The molecule has 0 bridgehead atoms. The molecule has 0 aliphatic heterocycles. The minimum absolute atomic E-state index is 0.483. The van der Waals surface area contributed by atoms with E-state index in [1.54, 1.807) is 0 Å². The Morgan fingerprint density at radius 1 is 1.20 bits per heavy atom. The van der Waals surface area contributed by atoms with Crippen molar-refractivity contribution in [1.29, 1.82) is 0 Å². The molecular weight excluding hydrogens is 216 g/mol. The van der Waals surface area contributed by atoms with Gasteiger partial charge in [0.1, 0.15) is 0 Å². The van der Waals surface area contributed by atoms with Crippen molar-refractivity contribution in [2.24, 2.45) is 0 Å². The van der Waals surface area contributed by atoms with Crippen LogP contribution in [0.2, 0.25) is 0 Å². The van der Waals surface area contributed by atoms with Crippen LogP contribution in [0.1, 0.15) is 30.5 Å². The number of fused-ring (bicyclic) bond motifs is 1. The fourth-order valence-corrected chi connectivity index (χ4v) is 2.17. The van der Waals surface area contributed by atoms with Gasteiger partial charge < -0.3 is 0 Å². The van der Waals surface area contributed by atoms with Crippen molar-refractivity contribution in [3.63, 3.8) is 0 Å². The summed E-state index contributed by atoms with van der Waals surface area (Å²) >= 11 is 0. The first kappa shape index (κ1) is 10.5. The molecule has 1 heterocycles. The highest BCUT2D eigenvalue weighted by Crippen LogP contribution is 2.18. The van der Waals surface area contributed by atoms with Gasteiger partial charge in [-0.05, 0) is 31.2 Å². The molecule has 0 spiro atoms. The van der Waals surface area contributed by atoms with E-state index in [1.165, 1.54) is 6.20 Å². The second kappa shape index (κ2) is 3.86. The van der Waals surface area contributed by atoms with Crippen molar-refractivity contribution >= 4 is 10.1 Å². The summed E-state index contributed by atoms with van der Waals surface area (Å²) in [6.07, 6.45) is 6.38. The maximum atomic E-state index is 10.8. The van der Waals surface area contributed by atoms with Crippen molar-refractivity contribution in [3.8, 4) is 0 Å². The zero-order valence-electron chi connectivity index (χ0n) is 8.18. The van der Waals surface area contributed by atoms with E-state index < -0.39 is 15.3 Å². The Morgan fingerprint density at radius 2 is 1.93 bits per heavy atom. The van der Waals surface area contributed by atoms with Crippen LogP contribution in [0.3, 0.4) is 0 Å². The van der Waals surface area contributed by atoms with Crippen LogP contribution in [-0.2, 0) is 23.0 Å². The van der Waals surface area contributed by atoms with E-state index in [0.717, 1.165) is 43.4 Å². The van der Waals surface area contributed by atoms with Gasteiger partial charge in [0.05, 0.1) is 0 Å². The van der Waals surface area contributed by atoms with Gasteiger partial charge in [0, 0.05) is 11.9 Å². The summed E-state index contributed by atoms with van der Waals surface area (Å²) in [6.45, 7) is 0. The Morgan fingerprint density at radius 3 is 2.67 bits per heavy atom. The zero-order chi connectivity index (χ0) is 10.9. The van der Waals surface area contributed by atoms with Crippen molar-refractivity contribution in [2.45, 2.75) is 37.3 Å². The standard InChI is InChI=1S/C9H12N2O3S/c12-15(13,14)9-10-6-7-4-2-1-3-5-8(7)11-9/h6H,1-5H2,(H,12,13,14). The molecule has 0 saturated carbocycles. The molecule has 6 heteroatoms. The SMILES string of the molecule is O=S(=O)(O)c1ncc2c(n1)CCCCC2. The summed E-state index contributed by atoms with van der Waals surface area (Å²) < 4.78 is 30.5. The molecule has 1 aromatic rings. The molecule has 15 heavy (non-hydrogen) atoms. The van der Waals surface area contributed by atoms with Gasteiger partial charge in [-0.3, -0.25) is 4.55 Å². The molecule has 0 amide bonds. The molecule has 1 aromatic heterocycles. The molecule has 0 atom stereocenters. The maximum Gasteiger partial charge on any atom is 0.330 e. The number of nitrogens with zero attached hydrogens (tertiary/aromatic N) is 2. The van der Waals surface area contributed by atoms with E-state index in [1.807, 2.05) is 0 Å². The number of hydrogen-bond acceptors (Lipinski definition) is 4. The van der Waals surface area contributed by atoms with Crippen molar-refractivity contribution in [3.05, 3.63) is 17.5 Å². The average molecular weight is 228 g/mol. The predicted molar refractivity (Wildman–Crippen MR) is 53.1 cm³/mol. The lowest BCUT2D eigenvalue weighted by atomic mass is 10.1. The summed E-state index contributed by atoms with van der Waals surface area (Å²) in [5.41, 5.74) is 1.76. The number of hydrogen-bond donors (Lipinski definition) is 1. The minimum Gasteiger partial charge on any atom is -0.279 e. The molecule has 0 radical (unpaired) electrons. The van der Waals surface area contributed by atoms with E-state index in [9.17, 15) is 8.42 Å². The van der Waals surface area contributed by atoms with E-state index in [2.05, 4.69) is 9.97 Å². The fourth-order valence-electron chi connectivity index (χ4n) is 1.76.